The molecule has 0 bridgehead atoms. The van der Waals surface area contributed by atoms with Crippen LogP contribution in [-0.2, 0) is 6.42 Å². The van der Waals surface area contributed by atoms with Crippen LogP contribution in [0.1, 0.15) is 53.8 Å². The minimum Gasteiger partial charge on any atom is -0.455 e. The molecule has 1 unspecified atom stereocenters. The number of aliphatic hydroxyl groups is 1. The number of halogens is 2. The van der Waals surface area contributed by atoms with Gasteiger partial charge in [-0.25, -0.2) is 8.78 Å². The van der Waals surface area contributed by atoms with Gasteiger partial charge in [0.1, 0.15) is 17.4 Å². The molecule has 24 heavy (non-hydrogen) atoms. The predicted octanol–water partition coefficient (Wildman–Crippen LogP) is 4.12. The van der Waals surface area contributed by atoms with E-state index in [-0.39, 0.29) is 16.9 Å². The normalized spacial score (nSPS) is 19.0. The topological polar surface area (TPSA) is 62.5 Å². The van der Waals surface area contributed by atoms with Crippen molar-refractivity contribution in [1.82, 2.24) is 0 Å². The zero-order chi connectivity index (χ0) is 17.6. The molecule has 3 rings (SSSR count). The zero-order valence-electron chi connectivity index (χ0n) is 13.7. The fourth-order valence-electron chi connectivity index (χ4n) is 3.27. The highest BCUT2D eigenvalue weighted by Crippen LogP contribution is 2.44. The van der Waals surface area contributed by atoms with E-state index in [1.165, 1.54) is 0 Å². The minimum atomic E-state index is -0.863. The van der Waals surface area contributed by atoms with Gasteiger partial charge in [-0.3, -0.25) is 4.79 Å². The molecular formula is C18H19F2NO3. The number of carbonyl (C=O) groups is 1. The molecule has 1 aromatic heterocycles. The largest absolute Gasteiger partial charge is 0.455 e. The van der Waals surface area contributed by atoms with E-state index in [0.717, 1.165) is 12.1 Å². The molecule has 6 heteroatoms. The number of furan rings is 1. The van der Waals surface area contributed by atoms with Gasteiger partial charge < -0.3 is 14.8 Å². The van der Waals surface area contributed by atoms with E-state index in [2.05, 4.69) is 5.32 Å². The van der Waals surface area contributed by atoms with Crippen LogP contribution in [0.15, 0.2) is 22.6 Å². The average molecular weight is 335 g/mol. The molecule has 1 amide bonds. The van der Waals surface area contributed by atoms with Gasteiger partial charge in [0.2, 0.25) is 0 Å². The summed E-state index contributed by atoms with van der Waals surface area (Å²) in [6.45, 7) is 5.73. The summed E-state index contributed by atoms with van der Waals surface area (Å²) in [6.07, 6.45) is 0.489. The second-order valence-electron chi connectivity index (χ2n) is 7.03. The molecule has 0 fully saturated rings. The summed E-state index contributed by atoms with van der Waals surface area (Å²) in [5.74, 6) is -1.59. The Kier molecular flexibility index (Phi) is 3.95. The van der Waals surface area contributed by atoms with Gasteiger partial charge in [0.15, 0.2) is 5.76 Å². The number of hydrogen-bond acceptors (Lipinski definition) is 3. The van der Waals surface area contributed by atoms with Gasteiger partial charge in [0, 0.05) is 23.6 Å². The van der Waals surface area contributed by atoms with Crippen LogP contribution in [-0.4, -0.2) is 11.0 Å². The summed E-state index contributed by atoms with van der Waals surface area (Å²) in [5.41, 5.74) is 0.927. The lowest BCUT2D eigenvalue weighted by Crippen LogP contribution is -2.24. The van der Waals surface area contributed by atoms with Crippen LogP contribution in [0.2, 0.25) is 0 Å². The molecule has 0 saturated carbocycles. The number of nitrogens with one attached hydrogen (secondary N) is 1. The van der Waals surface area contributed by atoms with Gasteiger partial charge >= 0.3 is 0 Å². The van der Waals surface area contributed by atoms with E-state index >= 15 is 0 Å². The van der Waals surface area contributed by atoms with E-state index < -0.39 is 23.6 Å². The molecule has 0 saturated heterocycles. The van der Waals surface area contributed by atoms with Gasteiger partial charge in [-0.15, -0.1) is 0 Å². The van der Waals surface area contributed by atoms with Crippen molar-refractivity contribution in [3.63, 3.8) is 0 Å². The lowest BCUT2D eigenvalue weighted by molar-refractivity contribution is 0.0910. The second kappa shape index (κ2) is 5.70. The maximum atomic E-state index is 13.7. The van der Waals surface area contributed by atoms with Crippen LogP contribution in [0.5, 0.6) is 0 Å². The highest BCUT2D eigenvalue weighted by Gasteiger charge is 2.37. The van der Waals surface area contributed by atoms with Crippen molar-refractivity contribution in [3.8, 4) is 0 Å². The molecule has 1 aromatic carbocycles. The monoisotopic (exact) mass is 335 g/mol. The third-order valence-corrected chi connectivity index (χ3v) is 4.37. The molecule has 2 aromatic rings. The highest BCUT2D eigenvalue weighted by atomic mass is 19.1. The van der Waals surface area contributed by atoms with Crippen LogP contribution in [0.25, 0.3) is 0 Å². The summed E-state index contributed by atoms with van der Waals surface area (Å²) in [7, 11) is 0. The SMILES string of the molecule is Cc1c(C(=O)Nc2ccc(F)cc2F)oc2c1C(O)CC(C)(C)C2. The van der Waals surface area contributed by atoms with E-state index in [0.29, 0.717) is 35.8 Å². The Hall–Kier alpha value is -2.21. The van der Waals surface area contributed by atoms with E-state index in [1.807, 2.05) is 13.8 Å². The number of benzene rings is 1. The van der Waals surface area contributed by atoms with Gasteiger partial charge in [-0.1, -0.05) is 13.8 Å². The molecule has 1 heterocycles. The molecule has 4 nitrogen and oxygen atoms in total. The van der Waals surface area contributed by atoms with Crippen molar-refractivity contribution in [1.29, 1.82) is 0 Å². The molecule has 2 N–H and O–H groups in total. The van der Waals surface area contributed by atoms with E-state index in [1.54, 1.807) is 6.92 Å². The van der Waals surface area contributed by atoms with Crippen LogP contribution in [0, 0.1) is 24.0 Å². The van der Waals surface area contributed by atoms with Crippen molar-refractivity contribution in [2.75, 3.05) is 5.32 Å². The van der Waals surface area contributed by atoms with Crippen molar-refractivity contribution in [3.05, 3.63) is 52.5 Å². The van der Waals surface area contributed by atoms with Crippen LogP contribution >= 0.6 is 0 Å². The standard InChI is InChI=1S/C18H19F2NO3/c1-9-15-13(22)7-18(2,3)8-14(15)24-16(9)17(23)21-12-5-4-10(19)6-11(12)20/h4-6,13,22H,7-8H2,1-3H3,(H,21,23). The number of hydrogen-bond donors (Lipinski definition) is 2. The van der Waals surface area contributed by atoms with Crippen LogP contribution in [0.3, 0.4) is 0 Å². The van der Waals surface area contributed by atoms with Crippen molar-refractivity contribution >= 4 is 11.6 Å². The zero-order valence-corrected chi connectivity index (χ0v) is 13.7. The molecule has 1 atom stereocenters. The Morgan fingerprint density at radius 3 is 2.75 bits per heavy atom. The highest BCUT2D eigenvalue weighted by molar-refractivity contribution is 6.03. The molecule has 128 valence electrons. The number of amides is 1. The van der Waals surface area contributed by atoms with Gasteiger partial charge in [-0.2, -0.15) is 0 Å². The Bertz CT molecular complexity index is 811. The molecule has 1 aliphatic carbocycles. The first-order valence-corrected chi connectivity index (χ1v) is 7.74. The predicted molar refractivity (Wildman–Crippen MR) is 84.8 cm³/mol. The summed E-state index contributed by atoms with van der Waals surface area (Å²) in [6, 6.07) is 2.91. The van der Waals surface area contributed by atoms with Crippen molar-refractivity contribution in [2.24, 2.45) is 5.41 Å². The van der Waals surface area contributed by atoms with Crippen LogP contribution < -0.4 is 5.32 Å². The third kappa shape index (κ3) is 2.94. The van der Waals surface area contributed by atoms with Crippen LogP contribution in [0.4, 0.5) is 14.5 Å². The average Bonchev–Trinajstić information content (AvgIpc) is 2.77. The first-order valence-electron chi connectivity index (χ1n) is 7.74. The fourth-order valence-corrected chi connectivity index (χ4v) is 3.27. The number of carbonyl (C=O) groups excluding carboxylic acids is 1. The Balaban J connectivity index is 1.92. The number of rotatable bonds is 2. The van der Waals surface area contributed by atoms with E-state index in [9.17, 15) is 18.7 Å². The lowest BCUT2D eigenvalue weighted by atomic mass is 9.75. The Morgan fingerprint density at radius 2 is 2.08 bits per heavy atom. The molecule has 0 spiro atoms. The van der Waals surface area contributed by atoms with Gasteiger partial charge in [0.25, 0.3) is 5.91 Å². The van der Waals surface area contributed by atoms with E-state index in [4.69, 9.17) is 4.42 Å². The summed E-state index contributed by atoms with van der Waals surface area (Å²) in [5, 5.41) is 12.7. The molecule has 0 aliphatic heterocycles. The quantitative estimate of drug-likeness (QED) is 0.867. The summed E-state index contributed by atoms with van der Waals surface area (Å²) < 4.78 is 32.3. The van der Waals surface area contributed by atoms with Crippen molar-refractivity contribution in [2.45, 2.75) is 39.7 Å². The van der Waals surface area contributed by atoms with Crippen molar-refractivity contribution < 1.29 is 23.1 Å². The van der Waals surface area contributed by atoms with Gasteiger partial charge in [0.05, 0.1) is 11.8 Å². The number of aliphatic hydroxyl groups excluding tert-OH is 1. The fraction of sp³-hybridized carbons (Fsp3) is 0.389. The first kappa shape index (κ1) is 16.6. The molecule has 1 aliphatic rings. The minimum absolute atomic E-state index is 0.0421. The van der Waals surface area contributed by atoms with Gasteiger partial charge in [-0.05, 0) is 30.9 Å². The first-order chi connectivity index (χ1) is 11.2. The number of fused-ring (bicyclic) bond motifs is 1. The Morgan fingerprint density at radius 1 is 1.38 bits per heavy atom. The Labute approximate surface area is 138 Å². The second-order valence-corrected chi connectivity index (χ2v) is 7.03. The maximum Gasteiger partial charge on any atom is 0.291 e. The lowest BCUT2D eigenvalue weighted by Gasteiger charge is -2.31. The molecule has 0 radical (unpaired) electrons. The number of anilines is 1. The smallest absolute Gasteiger partial charge is 0.291 e. The summed E-state index contributed by atoms with van der Waals surface area (Å²) >= 11 is 0. The third-order valence-electron chi connectivity index (χ3n) is 4.37. The maximum absolute atomic E-state index is 13.7. The summed E-state index contributed by atoms with van der Waals surface area (Å²) in [4.78, 5) is 12.4. The molecular weight excluding hydrogens is 316 g/mol.